The molecule has 0 atom stereocenters. The molecule has 0 radical (unpaired) electrons. The minimum Gasteiger partial charge on any atom is -0.223 e. The zero-order chi connectivity index (χ0) is 14.4. The molecule has 104 valence electrons. The molecule has 2 heterocycles. The first-order valence-electron chi connectivity index (χ1n) is 5.22. The van der Waals surface area contributed by atoms with Crippen molar-refractivity contribution >= 4 is 50.5 Å². The minimum atomic E-state index is -4.07. The van der Waals surface area contributed by atoms with Gasteiger partial charge < -0.3 is 0 Å². The van der Waals surface area contributed by atoms with Crippen molar-refractivity contribution in [3.8, 4) is 0 Å². The van der Waals surface area contributed by atoms with Gasteiger partial charge in [-0.25, -0.2) is 18.5 Å². The van der Waals surface area contributed by atoms with Gasteiger partial charge in [-0.3, -0.25) is 0 Å². The Balaban J connectivity index is 2.91. The highest BCUT2D eigenvalue weighted by atomic mass is 35.5. The van der Waals surface area contributed by atoms with E-state index in [0.29, 0.717) is 12.1 Å². The van der Waals surface area contributed by atoms with Crippen molar-refractivity contribution in [1.29, 1.82) is 0 Å². The molecule has 0 fully saturated rings. The van der Waals surface area contributed by atoms with Crippen LogP contribution >= 0.6 is 34.8 Å². The number of aryl methyl sites for hydroxylation is 1. The van der Waals surface area contributed by atoms with Crippen LogP contribution in [0.25, 0.3) is 5.65 Å². The van der Waals surface area contributed by atoms with E-state index < -0.39 is 15.0 Å². The lowest BCUT2D eigenvalue weighted by atomic mass is 10.2. The number of aromatic nitrogens is 3. The maximum atomic E-state index is 11.5. The van der Waals surface area contributed by atoms with Crippen LogP contribution in [0.3, 0.4) is 0 Å². The lowest BCUT2D eigenvalue weighted by Crippen LogP contribution is -2.16. The molecule has 0 amide bonds. The summed E-state index contributed by atoms with van der Waals surface area (Å²) in [7, 11) is -4.07. The van der Waals surface area contributed by atoms with Gasteiger partial charge in [-0.2, -0.15) is 9.61 Å². The van der Waals surface area contributed by atoms with Gasteiger partial charge in [0, 0.05) is 0 Å². The topological polar surface area (TPSA) is 90.4 Å². The van der Waals surface area contributed by atoms with Crippen molar-refractivity contribution in [2.75, 3.05) is 0 Å². The summed E-state index contributed by atoms with van der Waals surface area (Å²) in [5.74, 6) is 0. The molecule has 2 aromatic heterocycles. The summed E-state index contributed by atoms with van der Waals surface area (Å²) >= 11 is 17.9. The number of sulfonamides is 1. The highest BCUT2D eigenvalue weighted by Crippen LogP contribution is 2.32. The number of nitrogens with zero attached hydrogens (tertiary/aromatic N) is 3. The maximum Gasteiger partial charge on any atom is 0.258 e. The van der Waals surface area contributed by atoms with E-state index in [1.54, 1.807) is 0 Å². The monoisotopic (exact) mass is 342 g/mol. The Bertz CT molecular complexity index is 757. The standard InChI is InChI=1S/C9H9Cl3N4O2S/c1-2-3-4-5(10)6(11)8-14-7(12)9(16(8)15-4)19(13,17)18/h2-3H2,1H3,(H2,13,17,18). The van der Waals surface area contributed by atoms with Gasteiger partial charge in [0.2, 0.25) is 5.03 Å². The number of hydrogen-bond acceptors (Lipinski definition) is 4. The van der Waals surface area contributed by atoms with E-state index in [4.69, 9.17) is 39.9 Å². The number of nitrogens with two attached hydrogens (primary N) is 1. The third kappa shape index (κ3) is 2.53. The second kappa shape index (κ2) is 5.06. The van der Waals surface area contributed by atoms with Crippen LogP contribution in [0.1, 0.15) is 19.0 Å². The summed E-state index contributed by atoms with van der Waals surface area (Å²) in [4.78, 5) is 3.83. The largest absolute Gasteiger partial charge is 0.258 e. The van der Waals surface area contributed by atoms with E-state index in [1.807, 2.05) is 6.92 Å². The Morgan fingerprint density at radius 1 is 1.26 bits per heavy atom. The normalized spacial score (nSPS) is 12.3. The summed E-state index contributed by atoms with van der Waals surface area (Å²) in [5.41, 5.74) is 0.515. The highest BCUT2D eigenvalue weighted by Gasteiger charge is 2.25. The van der Waals surface area contributed by atoms with Crippen LogP contribution < -0.4 is 5.14 Å². The van der Waals surface area contributed by atoms with Gasteiger partial charge in [0.1, 0.15) is 5.02 Å². The molecule has 0 spiro atoms. The second-order valence-corrected chi connectivity index (χ2v) is 6.40. The van der Waals surface area contributed by atoms with E-state index in [0.717, 1.165) is 10.9 Å². The SMILES string of the molecule is CCCc1nn2c(S(N)(=O)=O)c(Cl)nc2c(Cl)c1Cl. The van der Waals surface area contributed by atoms with Gasteiger partial charge in [0.15, 0.2) is 10.8 Å². The third-order valence-corrected chi connectivity index (χ3v) is 4.54. The predicted molar refractivity (Wildman–Crippen MR) is 73.4 cm³/mol. The quantitative estimate of drug-likeness (QED) is 0.925. The van der Waals surface area contributed by atoms with Crippen molar-refractivity contribution in [2.24, 2.45) is 5.14 Å². The molecule has 0 aliphatic carbocycles. The molecule has 2 aromatic rings. The Morgan fingerprint density at radius 2 is 1.89 bits per heavy atom. The fourth-order valence-corrected chi connectivity index (χ4v) is 3.21. The van der Waals surface area contributed by atoms with Crippen molar-refractivity contribution in [3.05, 3.63) is 20.9 Å². The lowest BCUT2D eigenvalue weighted by Gasteiger charge is -2.06. The second-order valence-electron chi connectivity index (χ2n) is 3.81. The van der Waals surface area contributed by atoms with Gasteiger partial charge in [0.25, 0.3) is 10.0 Å². The summed E-state index contributed by atoms with van der Waals surface area (Å²) in [6.45, 7) is 1.93. The van der Waals surface area contributed by atoms with Crippen LogP contribution in [-0.2, 0) is 16.4 Å². The molecule has 0 saturated heterocycles. The highest BCUT2D eigenvalue weighted by molar-refractivity contribution is 7.89. The van der Waals surface area contributed by atoms with Gasteiger partial charge in [-0.05, 0) is 6.42 Å². The fourth-order valence-electron chi connectivity index (χ4n) is 1.63. The third-order valence-electron chi connectivity index (χ3n) is 2.39. The van der Waals surface area contributed by atoms with Crippen molar-refractivity contribution in [1.82, 2.24) is 14.6 Å². The molecule has 6 nitrogen and oxygen atoms in total. The first-order valence-corrected chi connectivity index (χ1v) is 7.90. The number of hydrogen-bond donors (Lipinski definition) is 1. The molecule has 0 saturated carbocycles. The van der Waals surface area contributed by atoms with Crippen LogP contribution in [0, 0.1) is 0 Å². The van der Waals surface area contributed by atoms with E-state index in [-0.39, 0.29) is 20.8 Å². The van der Waals surface area contributed by atoms with E-state index in [1.165, 1.54) is 0 Å². The Labute approximate surface area is 124 Å². The first-order chi connectivity index (χ1) is 8.77. The predicted octanol–water partition coefficient (Wildman–Crippen LogP) is 2.29. The molecule has 2 rings (SSSR count). The van der Waals surface area contributed by atoms with Crippen LogP contribution in [0.2, 0.25) is 15.2 Å². The summed E-state index contributed by atoms with van der Waals surface area (Å²) in [6, 6.07) is 0. The summed E-state index contributed by atoms with van der Waals surface area (Å²) in [5, 5.41) is 8.83. The lowest BCUT2D eigenvalue weighted by molar-refractivity contribution is 0.589. The van der Waals surface area contributed by atoms with Gasteiger partial charge >= 0.3 is 0 Å². The van der Waals surface area contributed by atoms with Gasteiger partial charge in [-0.1, -0.05) is 48.1 Å². The number of rotatable bonds is 3. The average Bonchev–Trinajstić information content (AvgIpc) is 2.62. The summed E-state index contributed by atoms with van der Waals surface area (Å²) < 4.78 is 24.0. The molecule has 0 aliphatic rings. The minimum absolute atomic E-state index is 0.0561. The van der Waals surface area contributed by atoms with Crippen molar-refractivity contribution in [3.63, 3.8) is 0 Å². The zero-order valence-corrected chi connectivity index (χ0v) is 12.8. The molecule has 2 N–H and O–H groups in total. The van der Waals surface area contributed by atoms with Crippen molar-refractivity contribution < 1.29 is 8.42 Å². The smallest absolute Gasteiger partial charge is 0.223 e. The number of fused-ring (bicyclic) bond motifs is 1. The molecule has 10 heteroatoms. The van der Waals surface area contributed by atoms with Gasteiger partial charge in [0.05, 0.1) is 10.7 Å². The van der Waals surface area contributed by atoms with Crippen molar-refractivity contribution in [2.45, 2.75) is 24.8 Å². The van der Waals surface area contributed by atoms with E-state index >= 15 is 0 Å². The molecular formula is C9H9Cl3N4O2S. The molecule has 0 aliphatic heterocycles. The maximum absolute atomic E-state index is 11.5. The number of imidazole rings is 1. The van der Waals surface area contributed by atoms with Crippen LogP contribution in [-0.4, -0.2) is 23.0 Å². The molecule has 0 unspecified atom stereocenters. The van der Waals surface area contributed by atoms with Gasteiger partial charge in [-0.15, -0.1) is 0 Å². The van der Waals surface area contributed by atoms with E-state index in [2.05, 4.69) is 10.1 Å². The van der Waals surface area contributed by atoms with Crippen LogP contribution in [0.4, 0.5) is 0 Å². The molecule has 0 aromatic carbocycles. The molecule has 0 bridgehead atoms. The Kier molecular flexibility index (Phi) is 3.95. The average molecular weight is 344 g/mol. The number of halogens is 3. The molecule has 19 heavy (non-hydrogen) atoms. The first kappa shape index (κ1) is 14.8. The Hall–Kier alpha value is -0.600. The Morgan fingerprint density at radius 3 is 2.42 bits per heavy atom. The van der Waals surface area contributed by atoms with E-state index in [9.17, 15) is 8.42 Å². The number of primary sulfonamides is 1. The zero-order valence-electron chi connectivity index (χ0n) is 9.69. The summed E-state index contributed by atoms with van der Waals surface area (Å²) in [6.07, 6.45) is 1.30. The molecular weight excluding hydrogens is 335 g/mol. The fraction of sp³-hybridized carbons (Fsp3) is 0.333. The van der Waals surface area contributed by atoms with Crippen LogP contribution in [0.5, 0.6) is 0 Å². The van der Waals surface area contributed by atoms with Crippen LogP contribution in [0.15, 0.2) is 5.03 Å².